The van der Waals surface area contributed by atoms with Gasteiger partial charge >= 0.3 is 36.1 Å². The first kappa shape index (κ1) is 67.9. The topological polar surface area (TPSA) is 267 Å². The molecule has 17 nitrogen and oxygen atoms in total. The summed E-state index contributed by atoms with van der Waals surface area (Å²) in [6.07, 6.45) is 1.05. The van der Waals surface area contributed by atoms with E-state index in [0.29, 0.717) is 10.8 Å². The number of unbranched alkanes of at least 4 members (excludes halogenated alkanes) is 2. The molecule has 4 amide bonds. The molecule has 1 unspecified atom stereocenters. The van der Waals surface area contributed by atoms with E-state index in [1.165, 1.54) is 104 Å². The number of carbonyl (C=O) groups is 5. The Kier molecular flexibility index (Phi) is 25.2. The molecule has 0 aliphatic rings. The fraction of sp³-hybridized carbons (Fsp3) is 0.271. The van der Waals surface area contributed by atoms with Crippen LogP contribution in [0.1, 0.15) is 92.0 Å². The first-order chi connectivity index (χ1) is 39.4. The van der Waals surface area contributed by atoms with E-state index in [4.69, 9.17) is 14.9 Å². The highest BCUT2D eigenvalue weighted by Crippen LogP contribution is 2.36. The van der Waals surface area contributed by atoms with Crippen LogP contribution in [-0.2, 0) is 39.3 Å². The van der Waals surface area contributed by atoms with Crippen LogP contribution in [0.25, 0.3) is 0 Å². The van der Waals surface area contributed by atoms with Gasteiger partial charge in [0.25, 0.3) is 5.92 Å². The predicted octanol–water partition coefficient (Wildman–Crippen LogP) is 11.5. The smallest absolute Gasteiger partial charge is 0.419 e. The fourth-order valence-corrected chi connectivity index (χ4v) is 11.0. The zero-order chi connectivity index (χ0) is 62.4. The molecule has 84 heavy (non-hydrogen) atoms. The van der Waals surface area contributed by atoms with Crippen molar-refractivity contribution >= 4 is 81.1 Å². The van der Waals surface area contributed by atoms with Gasteiger partial charge < -0.3 is 41.3 Å². The molecule has 0 saturated heterocycles. The van der Waals surface area contributed by atoms with Crippen LogP contribution in [0.3, 0.4) is 0 Å². The molecule has 0 aromatic heterocycles. The van der Waals surface area contributed by atoms with Gasteiger partial charge in [-0.05, 0) is 90.3 Å². The van der Waals surface area contributed by atoms with Crippen molar-refractivity contribution < 1.29 is 78.6 Å². The first-order valence-electron chi connectivity index (χ1n) is 25.8. The summed E-state index contributed by atoms with van der Waals surface area (Å²) in [6, 6.07) is 32.3. The van der Waals surface area contributed by atoms with Crippen LogP contribution >= 0.6 is 0 Å². The molecule has 448 valence electrons. The molecule has 25 heteroatoms. The number of hydrogen-bond acceptors (Lipinski definition) is 9. The van der Waals surface area contributed by atoms with Crippen LogP contribution in [0.4, 0.5) is 48.6 Å². The Morgan fingerprint density at radius 1 is 0.631 bits per heavy atom. The first-order valence-corrected chi connectivity index (χ1v) is 32.5. The summed E-state index contributed by atoms with van der Waals surface area (Å²) in [5, 5.41) is 37.7. The number of carbonyl (C=O) groups excluding carboxylic acids is 2. The number of sulfonamides is 1. The Balaban J connectivity index is 0.000000271. The number of halogens is 5. The minimum absolute atomic E-state index is 0.0171. The zero-order valence-corrected chi connectivity index (χ0v) is 49.2. The maximum Gasteiger partial charge on any atom is 0.419 e. The van der Waals surface area contributed by atoms with Crippen LogP contribution in [0.15, 0.2) is 138 Å². The maximum absolute atomic E-state index is 13.6. The van der Waals surface area contributed by atoms with Crippen molar-refractivity contribution in [1.82, 2.24) is 10.6 Å². The average molecular weight is 1220 g/mol. The Bertz CT molecular complexity index is 3460. The van der Waals surface area contributed by atoms with Gasteiger partial charge in [-0.3, -0.25) is 8.93 Å². The van der Waals surface area contributed by atoms with Gasteiger partial charge in [0, 0.05) is 40.8 Å². The van der Waals surface area contributed by atoms with Crippen molar-refractivity contribution in [3.63, 3.8) is 0 Å². The summed E-state index contributed by atoms with van der Waals surface area (Å²) in [5.74, 6) is -1.08. The molecule has 0 aliphatic heterocycles. The number of para-hydroxylation sites is 3. The average Bonchev–Trinajstić information content (AvgIpc) is 3.24. The number of carboxylic acid groups (broad SMARTS) is 3. The molecule has 0 fully saturated rings. The van der Waals surface area contributed by atoms with Crippen LogP contribution in [0.5, 0.6) is 5.75 Å². The molecule has 0 heterocycles. The van der Waals surface area contributed by atoms with Gasteiger partial charge in [0.15, 0.2) is 0 Å². The molecule has 0 spiro atoms. The normalized spacial score (nSPS) is 11.6. The lowest BCUT2D eigenvalue weighted by Gasteiger charge is -2.24. The van der Waals surface area contributed by atoms with Gasteiger partial charge in [0.1, 0.15) is 12.4 Å². The maximum atomic E-state index is 13.6. The molecule has 1 atom stereocenters. The lowest BCUT2D eigenvalue weighted by atomic mass is 10.0. The number of rotatable bonds is 21. The van der Waals surface area contributed by atoms with Gasteiger partial charge in [-0.2, -0.15) is 13.2 Å². The number of alkyl halides is 5. The number of hydrogen-bond donors (Lipinski definition) is 8. The molecular weight excluding hydrogens is 1160 g/mol. The minimum Gasteiger partial charge on any atom is -0.491 e. The highest BCUT2D eigenvalue weighted by atomic mass is 32.2. The standard InChI is InChI=1S/C21H23NO4S.C20H23F3N2O4Si.C18H18F2N2O4S/c1-3-4-5-6-16-7-9-17(10-8-16)11-12-18-13-14-20(22-27(2,25)26)19(15-18)21(23)24;1-30(2,3)16-10-6-8-14(20(21,22)23)17(16)29-12-11-24-19(28)25-15-9-5-4-7-13(15)18(26)27;1-18(19,20)13-7-3-5-9-15(13)27(26)11-10-21-17(25)22-14-8-4-2-6-12(14)16(23)24/h7-10,13-15,22H,3-6H2,1-2H3,(H,23,24);4-10H,11-12H2,1-3H3,(H,26,27)(H2,24,25,28);2-9H,10-11H2,1H3,(H,23,24)(H2,21,22,25). The monoisotopic (exact) mass is 1220 g/mol. The van der Waals surface area contributed by atoms with Crippen molar-refractivity contribution in [2.45, 2.75) is 76.2 Å². The summed E-state index contributed by atoms with van der Waals surface area (Å²) < 4.78 is 110. The van der Waals surface area contributed by atoms with Gasteiger partial charge in [-0.1, -0.05) is 118 Å². The second kappa shape index (κ2) is 31.2. The Hall–Kier alpha value is -8.60. The number of aryl methyl sites for hydroxylation is 1. The SMILES string of the molecule is CC(F)(F)c1ccccc1S(=O)CCNC(=O)Nc1ccccc1C(=O)O.CCCCCc1ccc(C#Cc2ccc(NS(C)(=O)=O)c(C(=O)O)c2)cc1.C[Si](C)(C)c1cccc(C(F)(F)F)c1OCCNC(=O)Nc1ccccc1C(=O)O. The Labute approximate surface area is 487 Å². The van der Waals surface area contributed by atoms with Crippen molar-refractivity contribution in [2.24, 2.45) is 0 Å². The third-order valence-corrected chi connectivity index (χ3v) is 15.7. The van der Waals surface area contributed by atoms with Gasteiger partial charge in [0.05, 0.1) is 71.0 Å². The molecule has 0 radical (unpaired) electrons. The molecule has 6 rings (SSSR count). The lowest BCUT2D eigenvalue weighted by molar-refractivity contribution is -0.138. The van der Waals surface area contributed by atoms with Crippen molar-refractivity contribution in [1.29, 1.82) is 0 Å². The van der Waals surface area contributed by atoms with E-state index in [1.54, 1.807) is 24.3 Å². The van der Waals surface area contributed by atoms with E-state index in [1.807, 2.05) is 31.8 Å². The quantitative estimate of drug-likeness (QED) is 0.0145. The van der Waals surface area contributed by atoms with E-state index in [9.17, 15) is 63.7 Å². The summed E-state index contributed by atoms with van der Waals surface area (Å²) in [4.78, 5) is 57.6. The van der Waals surface area contributed by atoms with Crippen molar-refractivity contribution in [3.8, 4) is 17.6 Å². The number of aromatic carboxylic acids is 3. The summed E-state index contributed by atoms with van der Waals surface area (Å²) in [6.45, 7) is 8.37. The Morgan fingerprint density at radius 2 is 1.14 bits per heavy atom. The number of nitrogens with one attached hydrogen (secondary N) is 5. The van der Waals surface area contributed by atoms with Crippen LogP contribution in [0.2, 0.25) is 19.6 Å². The minimum atomic E-state index is -4.56. The highest BCUT2D eigenvalue weighted by molar-refractivity contribution is 7.92. The number of anilines is 3. The van der Waals surface area contributed by atoms with Crippen LogP contribution in [-0.4, -0.2) is 97.7 Å². The second-order valence-corrected chi connectivity index (χ2v) is 27.8. The largest absolute Gasteiger partial charge is 0.491 e. The van der Waals surface area contributed by atoms with E-state index in [-0.39, 0.29) is 75.4 Å². The lowest BCUT2D eigenvalue weighted by Crippen LogP contribution is -2.40. The third kappa shape index (κ3) is 22.3. The molecule has 6 aromatic carbocycles. The van der Waals surface area contributed by atoms with Gasteiger partial charge in [-0.25, -0.2) is 41.2 Å². The summed E-state index contributed by atoms with van der Waals surface area (Å²) in [5.41, 5.74) is 1.39. The van der Waals surface area contributed by atoms with E-state index >= 15 is 0 Å². The van der Waals surface area contributed by atoms with Crippen molar-refractivity contribution in [2.75, 3.05) is 47.1 Å². The molecule has 0 saturated carbocycles. The Morgan fingerprint density at radius 3 is 1.67 bits per heavy atom. The highest BCUT2D eigenvalue weighted by Gasteiger charge is 2.37. The van der Waals surface area contributed by atoms with E-state index < -0.39 is 76.5 Å². The van der Waals surface area contributed by atoms with Crippen LogP contribution < -0.4 is 35.9 Å². The zero-order valence-electron chi connectivity index (χ0n) is 46.6. The molecule has 8 N–H and O–H groups in total. The van der Waals surface area contributed by atoms with Crippen LogP contribution in [0, 0.1) is 11.8 Å². The number of urea groups is 2. The molecule has 6 aromatic rings. The van der Waals surface area contributed by atoms with Gasteiger partial charge in [-0.15, -0.1) is 0 Å². The number of carboxylic acids is 3. The van der Waals surface area contributed by atoms with E-state index in [0.717, 1.165) is 31.2 Å². The summed E-state index contributed by atoms with van der Waals surface area (Å²) in [7, 11) is -7.41. The van der Waals surface area contributed by atoms with Gasteiger partial charge in [0.2, 0.25) is 10.0 Å². The number of ether oxygens (including phenoxy) is 1. The number of benzene rings is 6. The number of amides is 4. The summed E-state index contributed by atoms with van der Waals surface area (Å²) >= 11 is 0. The fourth-order valence-electron chi connectivity index (χ4n) is 7.68. The second-order valence-electron chi connectivity index (χ2n) is 19.5. The van der Waals surface area contributed by atoms with Crippen molar-refractivity contribution in [3.05, 3.63) is 178 Å². The van der Waals surface area contributed by atoms with E-state index in [2.05, 4.69) is 56.9 Å². The predicted molar refractivity (Wildman–Crippen MR) is 316 cm³/mol. The third-order valence-electron chi connectivity index (χ3n) is 11.7. The molecule has 0 aliphatic carbocycles. The molecule has 0 bridgehead atoms. The molecular formula is C59H64F5N5O12S2Si.